The predicted molar refractivity (Wildman–Crippen MR) is 314 cm³/mol. The van der Waals surface area contributed by atoms with Crippen LogP contribution < -0.4 is 10.2 Å². The Kier molecular flexibility index (Phi) is 14.8. The van der Waals surface area contributed by atoms with Crippen molar-refractivity contribution in [2.24, 2.45) is 0 Å². The smallest absolute Gasteiger partial charge is 0.159 e. The van der Waals surface area contributed by atoms with Crippen LogP contribution in [0.1, 0.15) is 23.6 Å². The van der Waals surface area contributed by atoms with Gasteiger partial charge in [-0.2, -0.15) is 10.2 Å². The molecule has 0 aliphatic rings. The molecule has 0 radical (unpaired) electrons. The number of pyridine rings is 4. The molecule has 0 saturated carbocycles. The van der Waals surface area contributed by atoms with E-state index >= 15 is 0 Å². The first-order valence-electron chi connectivity index (χ1n) is 25.8. The summed E-state index contributed by atoms with van der Waals surface area (Å²) in [5.41, 5.74) is 15.2. The lowest BCUT2D eigenvalue weighted by atomic mass is 10.0. The molecule has 410 valence electrons. The summed E-state index contributed by atoms with van der Waals surface area (Å²) in [5, 5.41) is 20.4. The zero-order valence-corrected chi connectivity index (χ0v) is 46.3. The van der Waals surface area contributed by atoms with E-state index in [1.165, 1.54) is 36.8 Å². The average molecular weight is 1130 g/mol. The van der Waals surface area contributed by atoms with E-state index in [0.29, 0.717) is 78.5 Å². The summed E-state index contributed by atoms with van der Waals surface area (Å²) in [5.74, 6) is 0.0666. The van der Waals surface area contributed by atoms with Gasteiger partial charge in [0.2, 0.25) is 0 Å². The number of imidazole rings is 2. The van der Waals surface area contributed by atoms with Crippen LogP contribution >= 0.6 is 0 Å². The molecule has 0 aliphatic heterocycles. The molecule has 0 atom stereocenters. The van der Waals surface area contributed by atoms with Gasteiger partial charge in [-0.1, -0.05) is 31.2 Å². The fourth-order valence-electron chi connectivity index (χ4n) is 9.61. The number of sulfone groups is 2. The second kappa shape index (κ2) is 22.2. The molecule has 8 heterocycles. The van der Waals surface area contributed by atoms with Crippen molar-refractivity contribution in [1.29, 1.82) is 0 Å². The van der Waals surface area contributed by atoms with Gasteiger partial charge in [-0.05, 0) is 119 Å². The Morgan fingerprint density at radius 2 is 0.975 bits per heavy atom. The van der Waals surface area contributed by atoms with Crippen LogP contribution in [0.15, 0.2) is 135 Å². The van der Waals surface area contributed by atoms with Crippen molar-refractivity contribution in [3.63, 3.8) is 0 Å². The van der Waals surface area contributed by atoms with Gasteiger partial charge in [0, 0.05) is 97.2 Å². The van der Waals surface area contributed by atoms with E-state index in [1.54, 1.807) is 36.9 Å². The van der Waals surface area contributed by atoms with Crippen LogP contribution in [-0.2, 0) is 39.1 Å². The summed E-state index contributed by atoms with van der Waals surface area (Å²) in [6, 6.07) is 25.4. The van der Waals surface area contributed by atoms with E-state index in [4.69, 9.17) is 9.97 Å². The number of anilines is 1. The predicted octanol–water partition coefficient (Wildman–Crippen LogP) is 10.1. The normalized spacial score (nSPS) is 11.9. The minimum Gasteiger partial charge on any atom is -0.376 e. The highest BCUT2D eigenvalue weighted by Crippen LogP contribution is 2.36. The molecule has 0 unspecified atom stereocenters. The molecule has 12 aromatic rings. The Morgan fingerprint density at radius 1 is 0.506 bits per heavy atom. The Bertz CT molecular complexity index is 4570. The van der Waals surface area contributed by atoms with Crippen molar-refractivity contribution in [3.8, 4) is 67.5 Å². The third kappa shape index (κ3) is 12.1. The van der Waals surface area contributed by atoms with Crippen LogP contribution in [0.3, 0.4) is 0 Å². The lowest BCUT2D eigenvalue weighted by Crippen LogP contribution is -2.11. The highest BCUT2D eigenvalue weighted by Gasteiger charge is 2.20. The average Bonchev–Trinajstić information content (AvgIpc) is 4.36. The number of aryl methyl sites for hydroxylation is 2. The number of benzene rings is 4. The van der Waals surface area contributed by atoms with Crippen LogP contribution in [0.4, 0.5) is 14.5 Å². The molecule has 8 aromatic heterocycles. The molecule has 12 rings (SSSR count). The highest BCUT2D eigenvalue weighted by atomic mass is 32.2. The van der Waals surface area contributed by atoms with Crippen LogP contribution in [0, 0.1) is 11.6 Å². The van der Waals surface area contributed by atoms with Crippen LogP contribution in [0.2, 0.25) is 0 Å². The number of rotatable bonds is 16. The second-order valence-electron chi connectivity index (χ2n) is 20.1. The van der Waals surface area contributed by atoms with Gasteiger partial charge in [0.05, 0.1) is 68.9 Å². The van der Waals surface area contributed by atoms with Gasteiger partial charge in [-0.25, -0.2) is 35.6 Å². The van der Waals surface area contributed by atoms with Crippen LogP contribution in [0.25, 0.3) is 111 Å². The molecular formula is C59H54F2N14O4S2. The molecule has 0 aliphatic carbocycles. The maximum atomic E-state index is 14.6. The molecule has 5 N–H and O–H groups in total. The van der Waals surface area contributed by atoms with E-state index in [2.05, 4.69) is 86.8 Å². The van der Waals surface area contributed by atoms with Gasteiger partial charge in [-0.15, -0.1) is 0 Å². The molecular weight excluding hydrogens is 1070 g/mol. The summed E-state index contributed by atoms with van der Waals surface area (Å²) in [4.78, 5) is 35.8. The van der Waals surface area contributed by atoms with Crippen molar-refractivity contribution in [3.05, 3.63) is 163 Å². The molecule has 22 heteroatoms. The number of halogens is 2. The maximum absolute atomic E-state index is 14.6. The second-order valence-corrected chi connectivity index (χ2v) is 24.7. The summed E-state index contributed by atoms with van der Waals surface area (Å²) < 4.78 is 75.7. The van der Waals surface area contributed by atoms with Gasteiger partial charge in [-0.3, -0.25) is 30.1 Å². The molecule has 81 heavy (non-hydrogen) atoms. The zero-order chi connectivity index (χ0) is 56.6. The maximum Gasteiger partial charge on any atom is 0.159 e. The van der Waals surface area contributed by atoms with Gasteiger partial charge >= 0.3 is 0 Å². The Morgan fingerprint density at radius 3 is 1.46 bits per heavy atom. The zero-order valence-electron chi connectivity index (χ0n) is 44.7. The summed E-state index contributed by atoms with van der Waals surface area (Å²) >= 11 is 0. The first-order valence-corrected chi connectivity index (χ1v) is 29.9. The van der Waals surface area contributed by atoms with Crippen molar-refractivity contribution in [1.82, 2.24) is 65.6 Å². The number of aromatic amines is 4. The molecule has 0 fully saturated rings. The number of aromatic nitrogens is 12. The molecule has 4 aromatic carbocycles. The number of hydrogen-bond donors (Lipinski definition) is 5. The first kappa shape index (κ1) is 53.9. The monoisotopic (exact) mass is 1120 g/mol. The SMILES string of the molecule is CCNCc1cncc(-c2ccc3[nH]nc(-c4nc5c(-c6cc(F)cc(CCS(C)(=O)=O)c6)cncc5[nH]4)c3c2)c1.CN(C)c1cncc(-c2ccc3[nH]nc(-c4nc5c(-c6cc(F)cc(CCS(C)(=O)=O)c6)cncc5[nH]4)c3c2)c1. The molecule has 0 bridgehead atoms. The van der Waals surface area contributed by atoms with Gasteiger partial charge in [0.1, 0.15) is 42.7 Å². The number of hydrogen-bond acceptors (Lipinski definition) is 14. The minimum atomic E-state index is -3.18. The van der Waals surface area contributed by atoms with E-state index in [1.807, 2.05) is 68.0 Å². The van der Waals surface area contributed by atoms with Gasteiger partial charge in [0.15, 0.2) is 11.6 Å². The molecule has 0 amide bonds. The number of fused-ring (bicyclic) bond motifs is 4. The van der Waals surface area contributed by atoms with Crippen molar-refractivity contribution < 1.29 is 25.6 Å². The number of nitrogens with one attached hydrogen (secondary N) is 5. The minimum absolute atomic E-state index is 0.0604. The van der Waals surface area contributed by atoms with Crippen molar-refractivity contribution >= 4 is 69.2 Å². The van der Waals surface area contributed by atoms with Gasteiger partial charge in [0.25, 0.3) is 0 Å². The third-order valence-electron chi connectivity index (χ3n) is 13.7. The molecule has 0 saturated heterocycles. The number of H-pyrrole nitrogens is 4. The van der Waals surface area contributed by atoms with Crippen LogP contribution in [-0.4, -0.2) is 122 Å². The first-order chi connectivity index (χ1) is 38.9. The van der Waals surface area contributed by atoms with Crippen molar-refractivity contribution in [2.45, 2.75) is 26.3 Å². The summed E-state index contributed by atoms with van der Waals surface area (Å²) in [7, 11) is -2.41. The van der Waals surface area contributed by atoms with E-state index in [9.17, 15) is 25.6 Å². The largest absolute Gasteiger partial charge is 0.376 e. The standard InChI is InChI=1S/C30H28FN7O2S.C29H26FN7O2S/c1-3-32-13-19-9-22(15-33-14-19)20-4-5-26-24(12-20)29(38-37-26)30-35-27-17-34-16-25(28(27)36-30)21-8-18(10-23(31)11-21)6-7-41(2,39)40;1-37(2)22-11-20(13-31-14-22)18-4-5-25-23(12-18)28(36-35-25)29-33-26-16-32-15-24(27(26)34-29)19-8-17(9-21(30)10-19)6-7-40(3,38)39/h4-5,8-12,14-17,32H,3,6-7,13H2,1-2H3,(H,35,36)(H,37,38);4-5,8-16H,6-7H2,1-3H3,(H,33,34)(H,35,36). The highest BCUT2D eigenvalue weighted by molar-refractivity contribution is 7.90. The van der Waals surface area contributed by atoms with Crippen LogP contribution in [0.5, 0.6) is 0 Å². The van der Waals surface area contributed by atoms with E-state index in [0.717, 1.165) is 68.4 Å². The lowest BCUT2D eigenvalue weighted by Gasteiger charge is -2.13. The van der Waals surface area contributed by atoms with Crippen molar-refractivity contribution in [2.75, 3.05) is 49.6 Å². The molecule has 18 nitrogen and oxygen atoms in total. The fraction of sp³-hybridized carbons (Fsp3) is 0.186. The summed E-state index contributed by atoms with van der Waals surface area (Å²) in [6.45, 7) is 3.70. The topological polar surface area (TPSA) is 250 Å². The Hall–Kier alpha value is -9.12. The van der Waals surface area contributed by atoms with E-state index in [-0.39, 0.29) is 24.3 Å². The van der Waals surface area contributed by atoms with Gasteiger partial charge < -0.3 is 20.2 Å². The number of nitrogens with zero attached hydrogens (tertiary/aromatic N) is 9. The lowest BCUT2D eigenvalue weighted by molar-refractivity contribution is 0.599. The Balaban J connectivity index is 0.000000170. The third-order valence-corrected chi connectivity index (χ3v) is 15.6. The molecule has 0 spiro atoms. The quantitative estimate of drug-likeness (QED) is 0.0604. The van der Waals surface area contributed by atoms with E-state index < -0.39 is 31.3 Å². The summed E-state index contributed by atoms with van der Waals surface area (Å²) in [6.07, 6.45) is 16.7. The Labute approximate surface area is 464 Å². The fourth-order valence-corrected chi connectivity index (χ4v) is 10.8.